The number of imide groups is 1. The van der Waals surface area contributed by atoms with Crippen LogP contribution < -0.4 is 15.0 Å². The molecule has 36 heavy (non-hydrogen) atoms. The zero-order valence-corrected chi connectivity index (χ0v) is 19.8. The zero-order valence-electron chi connectivity index (χ0n) is 19.8. The van der Waals surface area contributed by atoms with Crippen LogP contribution in [0.3, 0.4) is 0 Å². The van der Waals surface area contributed by atoms with Gasteiger partial charge in [0.1, 0.15) is 5.75 Å². The number of ether oxygens (including phenoxy) is 2. The van der Waals surface area contributed by atoms with Crippen LogP contribution in [0.5, 0.6) is 5.75 Å². The molecule has 8 heteroatoms. The fourth-order valence-corrected chi connectivity index (χ4v) is 6.21. The Morgan fingerprint density at radius 3 is 2.22 bits per heavy atom. The largest absolute Gasteiger partial charge is 0.492 e. The summed E-state index contributed by atoms with van der Waals surface area (Å²) in [5.74, 6) is -0.0711. The van der Waals surface area contributed by atoms with E-state index in [4.69, 9.17) is 9.47 Å². The number of para-hydroxylation sites is 2. The van der Waals surface area contributed by atoms with Crippen molar-refractivity contribution < 1.29 is 28.7 Å². The lowest BCUT2D eigenvalue weighted by Crippen LogP contribution is -2.40. The molecule has 0 spiro atoms. The molecule has 0 radical (unpaired) electrons. The number of amides is 3. The summed E-state index contributed by atoms with van der Waals surface area (Å²) in [6, 6.07) is 13.2. The van der Waals surface area contributed by atoms with Crippen LogP contribution in [0.25, 0.3) is 0 Å². The van der Waals surface area contributed by atoms with Crippen LogP contribution in [0.4, 0.5) is 11.4 Å². The lowest BCUT2D eigenvalue weighted by molar-refractivity contribution is -0.124. The second-order valence-corrected chi connectivity index (χ2v) is 9.77. The topological polar surface area (TPSA) is 102 Å². The molecule has 6 atom stereocenters. The molecule has 2 bridgehead atoms. The van der Waals surface area contributed by atoms with E-state index in [1.165, 1.54) is 17.0 Å². The molecule has 1 heterocycles. The Bertz CT molecular complexity index is 1250. The third kappa shape index (κ3) is 3.59. The van der Waals surface area contributed by atoms with Gasteiger partial charge in [0.15, 0.2) is 6.61 Å². The van der Waals surface area contributed by atoms with Crippen LogP contribution in [0.2, 0.25) is 0 Å². The first-order chi connectivity index (χ1) is 17.5. The quantitative estimate of drug-likeness (QED) is 0.366. The van der Waals surface area contributed by atoms with Gasteiger partial charge in [0.2, 0.25) is 11.8 Å². The highest BCUT2D eigenvalue weighted by molar-refractivity contribution is 6.22. The fraction of sp³-hybridized carbons (Fsp3) is 0.357. The van der Waals surface area contributed by atoms with Gasteiger partial charge in [-0.2, -0.15) is 0 Å². The number of rotatable bonds is 7. The highest BCUT2D eigenvalue weighted by atomic mass is 16.5. The number of hydrogen-bond acceptors (Lipinski definition) is 6. The van der Waals surface area contributed by atoms with Gasteiger partial charge in [-0.25, -0.2) is 4.79 Å². The Hall–Kier alpha value is -3.94. The molecule has 5 aliphatic rings. The minimum absolute atomic E-state index is 0.144. The van der Waals surface area contributed by atoms with Crippen molar-refractivity contribution in [2.75, 3.05) is 23.4 Å². The average molecular weight is 487 g/mol. The SMILES string of the molecule is CCOc1ccccc1NC(=O)COC(=O)c1ccc(N2C(=O)[C@@H]3[C@H]4C=C[C@@H]([C@@H]5C[C@H]45)[C@@H]3C2=O)cc1. The van der Waals surface area contributed by atoms with Crippen LogP contribution in [-0.4, -0.2) is 36.9 Å². The first-order valence-electron chi connectivity index (χ1n) is 12.3. The van der Waals surface area contributed by atoms with E-state index in [9.17, 15) is 19.2 Å². The summed E-state index contributed by atoms with van der Waals surface area (Å²) in [7, 11) is 0. The van der Waals surface area contributed by atoms with Crippen LogP contribution in [0.15, 0.2) is 60.7 Å². The van der Waals surface area contributed by atoms with Crippen molar-refractivity contribution in [2.24, 2.45) is 35.5 Å². The van der Waals surface area contributed by atoms with E-state index < -0.39 is 18.5 Å². The third-order valence-corrected chi connectivity index (χ3v) is 7.82. The summed E-state index contributed by atoms with van der Waals surface area (Å²) in [4.78, 5) is 52.5. The van der Waals surface area contributed by atoms with Crippen molar-refractivity contribution >= 4 is 35.1 Å². The van der Waals surface area contributed by atoms with Crippen molar-refractivity contribution in [2.45, 2.75) is 13.3 Å². The maximum absolute atomic E-state index is 13.2. The average Bonchev–Trinajstić information content (AvgIpc) is 3.67. The molecule has 0 aromatic heterocycles. The Morgan fingerprint density at radius 1 is 0.944 bits per heavy atom. The van der Waals surface area contributed by atoms with Crippen LogP contribution in [0.1, 0.15) is 23.7 Å². The van der Waals surface area contributed by atoms with Crippen molar-refractivity contribution in [3.8, 4) is 5.75 Å². The molecule has 2 saturated carbocycles. The molecule has 3 amide bonds. The number of benzene rings is 2. The number of anilines is 2. The van der Waals surface area contributed by atoms with Gasteiger partial charge in [-0.05, 0) is 73.4 Å². The smallest absolute Gasteiger partial charge is 0.338 e. The first kappa shape index (κ1) is 22.5. The van der Waals surface area contributed by atoms with Crippen molar-refractivity contribution in [3.63, 3.8) is 0 Å². The number of nitrogens with zero attached hydrogens (tertiary/aromatic N) is 1. The van der Waals surface area contributed by atoms with Gasteiger partial charge in [0.25, 0.3) is 5.91 Å². The summed E-state index contributed by atoms with van der Waals surface area (Å²) in [5.41, 5.74) is 1.17. The monoisotopic (exact) mass is 486 g/mol. The summed E-state index contributed by atoms with van der Waals surface area (Å²) in [5, 5.41) is 2.67. The summed E-state index contributed by atoms with van der Waals surface area (Å²) >= 11 is 0. The highest BCUT2D eigenvalue weighted by Crippen LogP contribution is 2.65. The van der Waals surface area contributed by atoms with E-state index in [1.54, 1.807) is 36.4 Å². The molecule has 4 aliphatic carbocycles. The normalized spacial score (nSPS) is 29.0. The summed E-state index contributed by atoms with van der Waals surface area (Å²) in [6.07, 6.45) is 5.39. The number of nitrogens with one attached hydrogen (secondary N) is 1. The van der Waals surface area contributed by atoms with Gasteiger partial charge < -0.3 is 14.8 Å². The number of carbonyl (C=O) groups is 4. The van der Waals surface area contributed by atoms with E-state index in [0.717, 1.165) is 6.42 Å². The standard InChI is InChI=1S/C28H26N2O6/c1-2-35-22-6-4-3-5-21(22)29-23(31)14-36-28(34)15-7-9-16(10-8-15)30-26(32)24-17-11-12-18(20-13-19(17)20)25(24)27(30)33/h3-12,17-20,24-25H,2,13-14H2,1H3,(H,29,31)/t17-,18-,19-,20+,24-,25+/m0/s1. The van der Waals surface area contributed by atoms with Crippen molar-refractivity contribution in [1.29, 1.82) is 0 Å². The molecule has 3 fully saturated rings. The highest BCUT2D eigenvalue weighted by Gasteiger charge is 2.67. The summed E-state index contributed by atoms with van der Waals surface area (Å²) < 4.78 is 10.6. The molecule has 2 aromatic carbocycles. The lowest BCUT2D eigenvalue weighted by Gasteiger charge is -2.37. The van der Waals surface area contributed by atoms with E-state index in [-0.39, 0.29) is 41.0 Å². The first-order valence-corrected chi connectivity index (χ1v) is 12.3. The number of allylic oxidation sites excluding steroid dienone is 2. The number of carbonyl (C=O) groups excluding carboxylic acids is 4. The molecule has 8 nitrogen and oxygen atoms in total. The predicted molar refractivity (Wildman–Crippen MR) is 130 cm³/mol. The molecule has 184 valence electrons. The molecule has 2 aromatic rings. The summed E-state index contributed by atoms with van der Waals surface area (Å²) in [6.45, 7) is 1.83. The van der Waals surface area contributed by atoms with E-state index >= 15 is 0 Å². The predicted octanol–water partition coefficient (Wildman–Crippen LogP) is 3.44. The number of esters is 1. The Kier molecular flexibility index (Phi) is 5.39. The van der Waals surface area contributed by atoms with Crippen molar-refractivity contribution in [3.05, 3.63) is 66.2 Å². The molecular weight excluding hydrogens is 460 g/mol. The van der Waals surface area contributed by atoms with Gasteiger partial charge in [-0.3, -0.25) is 19.3 Å². The molecule has 0 unspecified atom stereocenters. The van der Waals surface area contributed by atoms with Gasteiger partial charge in [-0.15, -0.1) is 0 Å². The second-order valence-electron chi connectivity index (χ2n) is 9.77. The Morgan fingerprint density at radius 2 is 1.58 bits per heavy atom. The second kappa shape index (κ2) is 8.62. The molecular formula is C28H26N2O6. The molecule has 7 rings (SSSR count). The van der Waals surface area contributed by atoms with Gasteiger partial charge in [0, 0.05) is 0 Å². The van der Waals surface area contributed by atoms with E-state index in [0.29, 0.717) is 35.6 Å². The fourth-order valence-electron chi connectivity index (χ4n) is 6.21. The Balaban J connectivity index is 1.09. The van der Waals surface area contributed by atoms with Crippen LogP contribution in [-0.2, 0) is 19.1 Å². The van der Waals surface area contributed by atoms with Gasteiger partial charge in [0.05, 0.1) is 35.4 Å². The van der Waals surface area contributed by atoms with Crippen LogP contribution in [0, 0.1) is 35.5 Å². The van der Waals surface area contributed by atoms with Crippen molar-refractivity contribution in [1.82, 2.24) is 0 Å². The molecule has 1 aliphatic heterocycles. The van der Waals surface area contributed by atoms with E-state index in [1.807, 2.05) is 6.92 Å². The maximum atomic E-state index is 13.2. The van der Waals surface area contributed by atoms with Gasteiger partial charge >= 0.3 is 5.97 Å². The van der Waals surface area contributed by atoms with E-state index in [2.05, 4.69) is 17.5 Å². The Labute approximate surface area is 208 Å². The lowest BCUT2D eigenvalue weighted by atomic mass is 9.63. The molecule has 1 N–H and O–H groups in total. The third-order valence-electron chi connectivity index (χ3n) is 7.82. The molecule has 1 saturated heterocycles. The van der Waals surface area contributed by atoms with Crippen LogP contribution >= 0.6 is 0 Å². The number of hydrogen-bond donors (Lipinski definition) is 1. The minimum Gasteiger partial charge on any atom is -0.492 e. The zero-order chi connectivity index (χ0) is 25.0. The maximum Gasteiger partial charge on any atom is 0.338 e. The minimum atomic E-state index is -0.676. The van der Waals surface area contributed by atoms with Gasteiger partial charge in [-0.1, -0.05) is 24.3 Å².